The molecular formula is C15H17N3O. The molecule has 1 amide bonds. The van der Waals surface area contributed by atoms with Crippen LogP contribution in [0, 0.1) is 6.92 Å². The van der Waals surface area contributed by atoms with E-state index in [1.165, 1.54) is 0 Å². The summed E-state index contributed by atoms with van der Waals surface area (Å²) < 4.78 is 0. The Morgan fingerprint density at radius 3 is 2.68 bits per heavy atom. The summed E-state index contributed by atoms with van der Waals surface area (Å²) in [5.41, 5.74) is 8.57. The van der Waals surface area contributed by atoms with Crippen LogP contribution >= 0.6 is 0 Å². The Morgan fingerprint density at radius 1 is 1.26 bits per heavy atom. The van der Waals surface area contributed by atoms with E-state index in [0.29, 0.717) is 11.3 Å². The molecule has 0 saturated carbocycles. The van der Waals surface area contributed by atoms with E-state index in [9.17, 15) is 4.79 Å². The van der Waals surface area contributed by atoms with Gasteiger partial charge in [0.15, 0.2) is 0 Å². The summed E-state index contributed by atoms with van der Waals surface area (Å²) in [6, 6.07) is 10.9. The number of carbonyl (C=O) groups excluding carboxylic acids is 1. The van der Waals surface area contributed by atoms with Crippen molar-refractivity contribution >= 4 is 11.6 Å². The van der Waals surface area contributed by atoms with Crippen LogP contribution in [0.25, 0.3) is 0 Å². The van der Waals surface area contributed by atoms with Gasteiger partial charge in [-0.2, -0.15) is 0 Å². The first-order valence-electron chi connectivity index (χ1n) is 6.16. The minimum absolute atomic E-state index is 0.160. The molecular weight excluding hydrogens is 238 g/mol. The smallest absolute Gasteiger partial charge is 0.254 e. The maximum Gasteiger partial charge on any atom is 0.254 e. The van der Waals surface area contributed by atoms with Crippen molar-refractivity contribution < 1.29 is 4.79 Å². The van der Waals surface area contributed by atoms with Crippen LogP contribution in [0.15, 0.2) is 42.6 Å². The number of pyridine rings is 1. The second-order valence-electron chi connectivity index (χ2n) is 4.49. The van der Waals surface area contributed by atoms with E-state index in [2.05, 4.69) is 10.3 Å². The molecule has 2 aromatic rings. The predicted molar refractivity (Wildman–Crippen MR) is 75.7 cm³/mol. The van der Waals surface area contributed by atoms with Gasteiger partial charge in [-0.25, -0.2) is 0 Å². The molecule has 19 heavy (non-hydrogen) atoms. The van der Waals surface area contributed by atoms with E-state index < -0.39 is 0 Å². The van der Waals surface area contributed by atoms with Gasteiger partial charge >= 0.3 is 0 Å². The molecule has 98 valence electrons. The molecule has 0 aliphatic heterocycles. The Labute approximate surface area is 112 Å². The van der Waals surface area contributed by atoms with Crippen LogP contribution in [0.2, 0.25) is 0 Å². The van der Waals surface area contributed by atoms with Crippen molar-refractivity contribution in [2.24, 2.45) is 0 Å². The number of aryl methyl sites for hydroxylation is 1. The van der Waals surface area contributed by atoms with Crippen molar-refractivity contribution in [2.45, 2.75) is 19.9 Å². The zero-order chi connectivity index (χ0) is 13.8. The highest BCUT2D eigenvalue weighted by atomic mass is 16.1. The molecule has 0 spiro atoms. The van der Waals surface area contributed by atoms with Crippen LogP contribution in [0.4, 0.5) is 5.69 Å². The number of carbonyl (C=O) groups is 1. The fourth-order valence-corrected chi connectivity index (χ4v) is 1.98. The highest BCUT2D eigenvalue weighted by molar-refractivity contribution is 6.00. The topological polar surface area (TPSA) is 68.0 Å². The average Bonchev–Trinajstić information content (AvgIpc) is 2.39. The van der Waals surface area contributed by atoms with E-state index in [1.807, 2.05) is 44.2 Å². The average molecular weight is 255 g/mol. The molecule has 1 heterocycles. The molecule has 1 aromatic carbocycles. The number of nitrogen functional groups attached to an aromatic ring is 1. The fourth-order valence-electron chi connectivity index (χ4n) is 1.98. The lowest BCUT2D eigenvalue weighted by Gasteiger charge is -2.15. The summed E-state index contributed by atoms with van der Waals surface area (Å²) in [5.74, 6) is -0.172. The van der Waals surface area contributed by atoms with Gasteiger partial charge in [0.05, 0.1) is 17.3 Å². The van der Waals surface area contributed by atoms with Crippen molar-refractivity contribution in [1.29, 1.82) is 0 Å². The lowest BCUT2D eigenvalue weighted by molar-refractivity contribution is 0.0939. The third kappa shape index (κ3) is 2.91. The van der Waals surface area contributed by atoms with Gasteiger partial charge in [-0.15, -0.1) is 0 Å². The quantitative estimate of drug-likeness (QED) is 0.828. The van der Waals surface area contributed by atoms with Gasteiger partial charge in [0.2, 0.25) is 0 Å². The molecule has 0 aliphatic rings. The number of nitrogens with zero attached hydrogens (tertiary/aromatic N) is 1. The van der Waals surface area contributed by atoms with E-state index in [4.69, 9.17) is 5.73 Å². The Bertz CT molecular complexity index is 561. The molecule has 1 atom stereocenters. The van der Waals surface area contributed by atoms with Gasteiger partial charge < -0.3 is 11.1 Å². The first-order chi connectivity index (χ1) is 9.09. The highest BCUT2D eigenvalue weighted by Crippen LogP contribution is 2.17. The minimum Gasteiger partial charge on any atom is -0.398 e. The van der Waals surface area contributed by atoms with E-state index in [0.717, 1.165) is 11.3 Å². The number of nitrogens with two attached hydrogens (primary N) is 1. The van der Waals surface area contributed by atoms with Gasteiger partial charge in [-0.3, -0.25) is 9.78 Å². The summed E-state index contributed by atoms with van der Waals surface area (Å²) >= 11 is 0. The number of nitrogens with one attached hydrogen (secondary N) is 1. The van der Waals surface area contributed by atoms with E-state index in [-0.39, 0.29) is 11.9 Å². The summed E-state index contributed by atoms with van der Waals surface area (Å²) in [6.45, 7) is 3.77. The Morgan fingerprint density at radius 2 is 2.05 bits per heavy atom. The fraction of sp³-hybridized carbons (Fsp3) is 0.200. The Hall–Kier alpha value is -2.36. The maximum atomic E-state index is 12.3. The number of rotatable bonds is 3. The molecule has 0 fully saturated rings. The van der Waals surface area contributed by atoms with Crippen LogP contribution in [-0.2, 0) is 0 Å². The van der Waals surface area contributed by atoms with Gasteiger partial charge in [0, 0.05) is 11.9 Å². The molecule has 0 radical (unpaired) electrons. The standard InChI is InChI=1S/C15H17N3O/c1-10-6-5-7-12(16)14(10)15(19)18-11(2)13-8-3-4-9-17-13/h3-9,11H,16H2,1-2H3,(H,18,19). The van der Waals surface area contributed by atoms with Gasteiger partial charge in [-0.1, -0.05) is 18.2 Å². The van der Waals surface area contributed by atoms with Crippen LogP contribution < -0.4 is 11.1 Å². The molecule has 1 unspecified atom stereocenters. The molecule has 0 aliphatic carbocycles. The second-order valence-corrected chi connectivity index (χ2v) is 4.49. The predicted octanol–water partition coefficient (Wildman–Crippen LogP) is 2.46. The molecule has 3 N–H and O–H groups in total. The molecule has 2 rings (SSSR count). The van der Waals surface area contributed by atoms with Crippen molar-refractivity contribution in [1.82, 2.24) is 10.3 Å². The van der Waals surface area contributed by atoms with Gasteiger partial charge in [-0.05, 0) is 37.6 Å². The number of hydrogen-bond donors (Lipinski definition) is 2. The summed E-state index contributed by atoms with van der Waals surface area (Å²) in [5, 5.41) is 2.91. The van der Waals surface area contributed by atoms with Crippen LogP contribution in [0.5, 0.6) is 0 Å². The molecule has 0 bridgehead atoms. The third-order valence-corrected chi connectivity index (χ3v) is 3.01. The molecule has 0 saturated heterocycles. The van der Waals surface area contributed by atoms with Crippen LogP contribution in [0.3, 0.4) is 0 Å². The van der Waals surface area contributed by atoms with E-state index >= 15 is 0 Å². The second kappa shape index (κ2) is 5.52. The first-order valence-corrected chi connectivity index (χ1v) is 6.16. The summed E-state index contributed by atoms with van der Waals surface area (Å²) in [7, 11) is 0. The van der Waals surface area contributed by atoms with Crippen LogP contribution in [-0.4, -0.2) is 10.9 Å². The minimum atomic E-state index is -0.172. The normalized spacial score (nSPS) is 11.9. The number of aromatic nitrogens is 1. The monoisotopic (exact) mass is 255 g/mol. The first kappa shape index (κ1) is 13.1. The van der Waals surface area contributed by atoms with Crippen molar-refractivity contribution in [3.8, 4) is 0 Å². The number of benzene rings is 1. The van der Waals surface area contributed by atoms with Crippen molar-refractivity contribution in [3.63, 3.8) is 0 Å². The number of amides is 1. The lowest BCUT2D eigenvalue weighted by Crippen LogP contribution is -2.28. The molecule has 4 heteroatoms. The Balaban J connectivity index is 2.18. The zero-order valence-electron chi connectivity index (χ0n) is 11.1. The van der Waals surface area contributed by atoms with Gasteiger partial charge in [0.1, 0.15) is 0 Å². The van der Waals surface area contributed by atoms with Gasteiger partial charge in [0.25, 0.3) is 5.91 Å². The summed E-state index contributed by atoms with van der Waals surface area (Å²) in [4.78, 5) is 16.5. The SMILES string of the molecule is Cc1cccc(N)c1C(=O)NC(C)c1ccccn1. The highest BCUT2D eigenvalue weighted by Gasteiger charge is 2.16. The summed E-state index contributed by atoms with van der Waals surface area (Å²) in [6.07, 6.45) is 1.71. The zero-order valence-corrected chi connectivity index (χ0v) is 11.1. The molecule has 1 aromatic heterocycles. The van der Waals surface area contributed by atoms with Crippen molar-refractivity contribution in [2.75, 3.05) is 5.73 Å². The van der Waals surface area contributed by atoms with Crippen LogP contribution in [0.1, 0.15) is 34.6 Å². The molecule has 4 nitrogen and oxygen atoms in total. The Kier molecular flexibility index (Phi) is 3.80. The third-order valence-electron chi connectivity index (χ3n) is 3.01. The number of hydrogen-bond acceptors (Lipinski definition) is 3. The maximum absolute atomic E-state index is 12.3. The number of anilines is 1. The van der Waals surface area contributed by atoms with Crippen molar-refractivity contribution in [3.05, 3.63) is 59.4 Å². The van der Waals surface area contributed by atoms with E-state index in [1.54, 1.807) is 12.3 Å². The lowest BCUT2D eigenvalue weighted by atomic mass is 10.1. The largest absolute Gasteiger partial charge is 0.398 e.